The summed E-state index contributed by atoms with van der Waals surface area (Å²) in [6.07, 6.45) is -1.75. The summed E-state index contributed by atoms with van der Waals surface area (Å²) in [5.41, 5.74) is 0. The Hall–Kier alpha value is -0.330. The summed E-state index contributed by atoms with van der Waals surface area (Å²) in [6.45, 7) is 4.94. The first-order valence-electron chi connectivity index (χ1n) is 6.58. The Labute approximate surface area is 106 Å². The fourth-order valence-electron chi connectivity index (χ4n) is 2.93. The Kier molecular flexibility index (Phi) is 4.50. The first-order chi connectivity index (χ1) is 8.46. The van der Waals surface area contributed by atoms with Crippen molar-refractivity contribution in [3.8, 4) is 0 Å². The summed E-state index contributed by atoms with van der Waals surface area (Å²) < 4.78 is 40.5. The minimum atomic E-state index is -4.21. The van der Waals surface area contributed by atoms with E-state index in [1.165, 1.54) is 19.4 Å². The van der Waals surface area contributed by atoms with Gasteiger partial charge in [-0.05, 0) is 26.3 Å². The van der Waals surface area contributed by atoms with Crippen LogP contribution in [0.2, 0.25) is 0 Å². The van der Waals surface area contributed by atoms with E-state index in [0.29, 0.717) is 18.6 Å². The minimum Gasteiger partial charge on any atom is -0.371 e. The van der Waals surface area contributed by atoms with Gasteiger partial charge in [-0.2, -0.15) is 13.2 Å². The van der Waals surface area contributed by atoms with Gasteiger partial charge < -0.3 is 4.74 Å². The molecule has 106 valence electrons. The van der Waals surface area contributed by atoms with E-state index >= 15 is 0 Å². The lowest BCUT2D eigenvalue weighted by atomic mass is 10.1. The van der Waals surface area contributed by atoms with Crippen LogP contribution in [0.3, 0.4) is 0 Å². The summed E-state index contributed by atoms with van der Waals surface area (Å²) in [4.78, 5) is 4.75. The first kappa shape index (κ1) is 14.1. The molecule has 0 aromatic rings. The molecule has 2 atom stereocenters. The van der Waals surface area contributed by atoms with Gasteiger partial charge in [0.2, 0.25) is 0 Å². The first-order valence-corrected chi connectivity index (χ1v) is 6.58. The van der Waals surface area contributed by atoms with E-state index in [9.17, 15) is 13.2 Å². The van der Waals surface area contributed by atoms with Gasteiger partial charge in [0.1, 0.15) is 6.61 Å². The summed E-state index contributed by atoms with van der Waals surface area (Å²) in [7, 11) is 0. The lowest BCUT2D eigenvalue weighted by molar-refractivity contribution is -0.175. The number of piperazine rings is 1. The molecule has 0 bridgehead atoms. The molecule has 2 rings (SSSR count). The molecule has 0 aromatic heterocycles. The fraction of sp³-hybridized carbons (Fsp3) is 1.00. The average molecular weight is 266 g/mol. The number of halogens is 3. The van der Waals surface area contributed by atoms with Crippen LogP contribution in [0.15, 0.2) is 0 Å². The van der Waals surface area contributed by atoms with Crippen molar-refractivity contribution < 1.29 is 17.9 Å². The van der Waals surface area contributed by atoms with Gasteiger partial charge >= 0.3 is 6.18 Å². The molecule has 0 spiro atoms. The highest BCUT2D eigenvalue weighted by atomic mass is 19.4. The second kappa shape index (κ2) is 5.75. The van der Waals surface area contributed by atoms with Crippen LogP contribution in [0, 0.1) is 0 Å². The van der Waals surface area contributed by atoms with Crippen LogP contribution in [0.25, 0.3) is 0 Å². The molecule has 3 nitrogen and oxygen atoms in total. The highest BCUT2D eigenvalue weighted by Crippen LogP contribution is 2.24. The summed E-state index contributed by atoms with van der Waals surface area (Å²) in [5, 5.41) is 0. The topological polar surface area (TPSA) is 15.7 Å². The Morgan fingerprint density at radius 3 is 2.78 bits per heavy atom. The minimum absolute atomic E-state index is 0.163. The van der Waals surface area contributed by atoms with E-state index in [4.69, 9.17) is 0 Å². The zero-order chi connectivity index (χ0) is 13.2. The van der Waals surface area contributed by atoms with Gasteiger partial charge in [-0.15, -0.1) is 0 Å². The van der Waals surface area contributed by atoms with Crippen molar-refractivity contribution in [3.63, 3.8) is 0 Å². The van der Waals surface area contributed by atoms with Crippen LogP contribution >= 0.6 is 0 Å². The van der Waals surface area contributed by atoms with Gasteiger partial charge in [0.05, 0.1) is 6.61 Å². The lowest BCUT2D eigenvalue weighted by Gasteiger charge is -2.42. The molecule has 0 N–H and O–H groups in total. The Balaban J connectivity index is 1.69. The standard InChI is InChI=1S/C12H21F3N2O/c1-10-7-17-4-2-3-11(17)8-16(10)5-6-18-9-12(13,14)15/h10-11H,2-9H2,1H3. The largest absolute Gasteiger partial charge is 0.411 e. The van der Waals surface area contributed by atoms with Gasteiger partial charge in [-0.3, -0.25) is 9.80 Å². The zero-order valence-corrected chi connectivity index (χ0v) is 10.7. The number of hydrogen-bond acceptors (Lipinski definition) is 3. The van der Waals surface area contributed by atoms with Crippen molar-refractivity contribution in [2.75, 3.05) is 39.4 Å². The van der Waals surface area contributed by atoms with Gasteiger partial charge in [-0.1, -0.05) is 0 Å². The Bertz CT molecular complexity index is 273. The number of hydrogen-bond donors (Lipinski definition) is 0. The van der Waals surface area contributed by atoms with Crippen molar-refractivity contribution in [1.29, 1.82) is 0 Å². The van der Waals surface area contributed by atoms with E-state index in [0.717, 1.165) is 13.1 Å². The van der Waals surface area contributed by atoms with E-state index in [1.807, 2.05) is 0 Å². The highest BCUT2D eigenvalue weighted by molar-refractivity contribution is 4.90. The predicted octanol–water partition coefficient (Wildman–Crippen LogP) is 1.73. The highest BCUT2D eigenvalue weighted by Gasteiger charge is 2.34. The third kappa shape index (κ3) is 3.83. The molecule has 2 saturated heterocycles. The molecule has 2 aliphatic heterocycles. The van der Waals surface area contributed by atoms with Gasteiger partial charge in [0.15, 0.2) is 0 Å². The van der Waals surface area contributed by atoms with Crippen molar-refractivity contribution in [3.05, 3.63) is 0 Å². The molecule has 2 heterocycles. The van der Waals surface area contributed by atoms with E-state index in [2.05, 4.69) is 21.5 Å². The molecule has 18 heavy (non-hydrogen) atoms. The molecular weight excluding hydrogens is 245 g/mol. The molecule has 2 fully saturated rings. The smallest absolute Gasteiger partial charge is 0.371 e. The Morgan fingerprint density at radius 1 is 1.28 bits per heavy atom. The summed E-state index contributed by atoms with van der Waals surface area (Å²) in [5.74, 6) is 0. The van der Waals surface area contributed by atoms with Crippen LogP contribution < -0.4 is 0 Å². The van der Waals surface area contributed by atoms with Crippen LogP contribution in [-0.2, 0) is 4.74 Å². The SMILES string of the molecule is CC1CN2CCCC2CN1CCOCC(F)(F)F. The molecule has 0 saturated carbocycles. The molecule has 0 radical (unpaired) electrons. The van der Waals surface area contributed by atoms with Crippen molar-refractivity contribution in [1.82, 2.24) is 9.80 Å². The maximum Gasteiger partial charge on any atom is 0.411 e. The van der Waals surface area contributed by atoms with Gasteiger partial charge in [0.25, 0.3) is 0 Å². The quantitative estimate of drug-likeness (QED) is 0.721. The van der Waals surface area contributed by atoms with Crippen LogP contribution in [-0.4, -0.2) is 67.5 Å². The molecule has 6 heteroatoms. The number of rotatable bonds is 4. The lowest BCUT2D eigenvalue weighted by Crippen LogP contribution is -2.55. The molecule has 2 unspecified atom stereocenters. The van der Waals surface area contributed by atoms with E-state index < -0.39 is 12.8 Å². The third-order valence-corrected chi connectivity index (χ3v) is 3.85. The van der Waals surface area contributed by atoms with Gasteiger partial charge in [-0.25, -0.2) is 0 Å². The van der Waals surface area contributed by atoms with Crippen LogP contribution in [0.1, 0.15) is 19.8 Å². The van der Waals surface area contributed by atoms with Crippen molar-refractivity contribution in [2.24, 2.45) is 0 Å². The number of nitrogens with zero attached hydrogens (tertiary/aromatic N) is 2. The third-order valence-electron chi connectivity index (χ3n) is 3.85. The predicted molar refractivity (Wildman–Crippen MR) is 62.5 cm³/mol. The molecule has 0 amide bonds. The number of ether oxygens (including phenoxy) is 1. The molecule has 2 aliphatic rings. The summed E-state index contributed by atoms with van der Waals surface area (Å²) in [6, 6.07) is 1.01. The fourth-order valence-corrected chi connectivity index (χ4v) is 2.93. The second-order valence-electron chi connectivity index (χ2n) is 5.30. The van der Waals surface area contributed by atoms with Crippen molar-refractivity contribution >= 4 is 0 Å². The van der Waals surface area contributed by atoms with Crippen LogP contribution in [0.5, 0.6) is 0 Å². The number of alkyl halides is 3. The normalized spacial score (nSPS) is 30.7. The van der Waals surface area contributed by atoms with E-state index in [1.54, 1.807) is 0 Å². The molecule has 0 aliphatic carbocycles. The van der Waals surface area contributed by atoms with Crippen molar-refractivity contribution in [2.45, 2.75) is 38.0 Å². The molecular formula is C12H21F3N2O. The molecule has 0 aromatic carbocycles. The Morgan fingerprint density at radius 2 is 2.06 bits per heavy atom. The zero-order valence-electron chi connectivity index (χ0n) is 10.7. The van der Waals surface area contributed by atoms with Crippen LogP contribution in [0.4, 0.5) is 13.2 Å². The second-order valence-corrected chi connectivity index (χ2v) is 5.30. The maximum atomic E-state index is 11.9. The van der Waals surface area contributed by atoms with Gasteiger partial charge in [0, 0.05) is 31.7 Å². The van der Waals surface area contributed by atoms with E-state index in [-0.39, 0.29) is 6.61 Å². The average Bonchev–Trinajstić information content (AvgIpc) is 2.70. The number of fused-ring (bicyclic) bond motifs is 1. The summed E-state index contributed by atoms with van der Waals surface area (Å²) >= 11 is 0. The maximum absolute atomic E-state index is 11.9. The monoisotopic (exact) mass is 266 g/mol.